The van der Waals surface area contributed by atoms with Gasteiger partial charge in [0.25, 0.3) is 0 Å². The predicted octanol–water partition coefficient (Wildman–Crippen LogP) is 6.64. The van der Waals surface area contributed by atoms with Crippen molar-refractivity contribution >= 4 is 35.4 Å². The third-order valence-corrected chi connectivity index (χ3v) is 8.15. The van der Waals surface area contributed by atoms with Gasteiger partial charge < -0.3 is 14.2 Å². The second kappa shape index (κ2) is 17.4. The van der Waals surface area contributed by atoms with Crippen LogP contribution in [0.15, 0.2) is 121 Å². The standard InChI is InChI=1S/C24H21N3O3.C17H17N3O3/c1-2-29-24(28)21-22(30-16-19-11-7-4-8-12-19)20(15-27-23(21)25-17-26-27)14-13-18-9-5-3-6-10-18;1-2-23-17(22)14-15(21)13(10-20-16(14)18-11-19-20)9-8-12-6-4-3-5-7-12/h3-15,17H,2,16H2,1H3;3-7,10-11H,2,8-9H2,1H3,(H,18,19)/b14-13+;. The van der Waals surface area contributed by atoms with Crippen molar-refractivity contribution in [2.45, 2.75) is 33.3 Å². The number of fused-ring (bicyclic) bond motifs is 2. The largest absolute Gasteiger partial charge is 0.487 e. The number of nitrogens with one attached hydrogen (secondary N) is 1. The number of rotatable bonds is 12. The van der Waals surface area contributed by atoms with Gasteiger partial charge in [0.2, 0.25) is 5.43 Å². The first-order chi connectivity index (χ1) is 26.0. The highest BCUT2D eigenvalue weighted by molar-refractivity contribution is 6.00. The predicted molar refractivity (Wildman–Crippen MR) is 201 cm³/mol. The number of carbonyl (C=O) groups excluding carboxylic acids is 2. The molecule has 0 aliphatic carbocycles. The number of aromatic amines is 1. The molecule has 0 saturated heterocycles. The highest BCUT2D eigenvalue weighted by atomic mass is 16.5. The van der Waals surface area contributed by atoms with Crippen LogP contribution >= 0.6 is 0 Å². The Morgan fingerprint density at radius 3 is 2.06 bits per heavy atom. The zero-order valence-corrected chi connectivity index (χ0v) is 29.3. The van der Waals surface area contributed by atoms with Crippen LogP contribution in [-0.2, 0) is 28.9 Å². The van der Waals surface area contributed by atoms with Crippen LogP contribution in [0.1, 0.15) is 62.4 Å². The molecule has 0 spiro atoms. The number of nitrogens with zero attached hydrogens (tertiary/aromatic N) is 5. The molecule has 0 aliphatic heterocycles. The Morgan fingerprint density at radius 1 is 0.736 bits per heavy atom. The van der Waals surface area contributed by atoms with Gasteiger partial charge in [-0.2, -0.15) is 5.10 Å². The van der Waals surface area contributed by atoms with E-state index in [1.807, 2.05) is 103 Å². The van der Waals surface area contributed by atoms with Crippen LogP contribution in [0.5, 0.6) is 5.75 Å². The summed E-state index contributed by atoms with van der Waals surface area (Å²) in [6.07, 6.45) is 11.5. The van der Waals surface area contributed by atoms with Gasteiger partial charge in [-0.15, -0.1) is 0 Å². The van der Waals surface area contributed by atoms with Gasteiger partial charge in [-0.25, -0.2) is 28.6 Å². The Morgan fingerprint density at radius 2 is 1.38 bits per heavy atom. The van der Waals surface area contributed by atoms with Crippen LogP contribution in [0.2, 0.25) is 0 Å². The van der Waals surface area contributed by atoms with Crippen molar-refractivity contribution in [2.24, 2.45) is 0 Å². The lowest BCUT2D eigenvalue weighted by molar-refractivity contribution is 0.0514. The van der Waals surface area contributed by atoms with Crippen molar-refractivity contribution in [3.8, 4) is 5.75 Å². The van der Waals surface area contributed by atoms with Gasteiger partial charge in [0.15, 0.2) is 16.9 Å². The molecule has 0 fully saturated rings. The average Bonchev–Trinajstić information content (AvgIpc) is 3.86. The number of H-pyrrole nitrogens is 1. The third-order valence-electron chi connectivity index (χ3n) is 8.15. The Kier molecular flexibility index (Phi) is 11.8. The monoisotopic (exact) mass is 710 g/mol. The molecule has 0 amide bonds. The maximum absolute atomic E-state index is 12.8. The number of aromatic nitrogens is 6. The minimum atomic E-state index is -0.635. The topological polar surface area (TPSA) is 142 Å². The zero-order chi connectivity index (χ0) is 37.0. The van der Waals surface area contributed by atoms with E-state index in [1.165, 1.54) is 12.7 Å². The van der Waals surface area contributed by atoms with Crippen molar-refractivity contribution in [3.63, 3.8) is 0 Å². The first kappa shape index (κ1) is 36.0. The van der Waals surface area contributed by atoms with E-state index in [1.54, 1.807) is 35.3 Å². The summed E-state index contributed by atoms with van der Waals surface area (Å²) in [5.74, 6) is -0.706. The molecule has 0 bridgehead atoms. The molecule has 4 aromatic heterocycles. The molecule has 0 atom stereocenters. The number of ether oxygens (including phenoxy) is 3. The van der Waals surface area contributed by atoms with Crippen molar-refractivity contribution < 1.29 is 23.8 Å². The fraction of sp³-hybridized carbons (Fsp3) is 0.171. The molecule has 53 heavy (non-hydrogen) atoms. The summed E-state index contributed by atoms with van der Waals surface area (Å²) in [7, 11) is 0. The molecule has 12 heteroatoms. The molecule has 0 radical (unpaired) electrons. The lowest BCUT2D eigenvalue weighted by atomic mass is 10.0. The molecule has 7 aromatic rings. The second-order valence-electron chi connectivity index (χ2n) is 11.7. The molecule has 7 rings (SSSR count). The summed E-state index contributed by atoms with van der Waals surface area (Å²) in [4.78, 5) is 45.9. The van der Waals surface area contributed by atoms with Gasteiger partial charge >= 0.3 is 11.9 Å². The number of aryl methyl sites for hydroxylation is 2. The second-order valence-corrected chi connectivity index (χ2v) is 11.7. The first-order valence-electron chi connectivity index (χ1n) is 17.2. The number of benzene rings is 3. The van der Waals surface area contributed by atoms with E-state index in [9.17, 15) is 14.4 Å². The zero-order valence-electron chi connectivity index (χ0n) is 29.3. The minimum absolute atomic E-state index is 0.0151. The van der Waals surface area contributed by atoms with Crippen LogP contribution in [-0.4, -0.2) is 54.3 Å². The van der Waals surface area contributed by atoms with Crippen molar-refractivity contribution in [1.82, 2.24) is 29.2 Å². The summed E-state index contributed by atoms with van der Waals surface area (Å²) in [6, 6.07) is 29.6. The van der Waals surface area contributed by atoms with E-state index in [0.29, 0.717) is 35.6 Å². The smallest absolute Gasteiger partial charge is 0.346 e. The maximum Gasteiger partial charge on any atom is 0.346 e. The number of hydrogen-bond donors (Lipinski definition) is 1. The summed E-state index contributed by atoms with van der Waals surface area (Å²) < 4.78 is 19.6. The summed E-state index contributed by atoms with van der Waals surface area (Å²) in [6.45, 7) is 4.24. The molecule has 0 unspecified atom stereocenters. The maximum atomic E-state index is 12.8. The van der Waals surface area contributed by atoms with E-state index in [-0.39, 0.29) is 35.4 Å². The Labute approximate surface area is 305 Å². The molecule has 4 heterocycles. The number of hydrogen-bond acceptors (Lipinski definition) is 9. The third kappa shape index (κ3) is 8.74. The number of pyridine rings is 2. The highest BCUT2D eigenvalue weighted by Crippen LogP contribution is 2.30. The lowest BCUT2D eigenvalue weighted by Gasteiger charge is -2.15. The number of esters is 2. The molecular formula is C41H38N6O6. The summed E-state index contributed by atoms with van der Waals surface area (Å²) >= 11 is 0. The summed E-state index contributed by atoms with van der Waals surface area (Å²) in [5.41, 5.74) is 5.04. The van der Waals surface area contributed by atoms with Gasteiger partial charge in [0.05, 0.1) is 13.2 Å². The molecule has 268 valence electrons. The Bertz CT molecular complexity index is 2380. The van der Waals surface area contributed by atoms with Gasteiger partial charge in [0, 0.05) is 23.5 Å². The van der Waals surface area contributed by atoms with Crippen molar-refractivity contribution in [2.75, 3.05) is 13.2 Å². The van der Waals surface area contributed by atoms with Gasteiger partial charge in [-0.1, -0.05) is 97.1 Å². The highest BCUT2D eigenvalue weighted by Gasteiger charge is 2.24. The van der Waals surface area contributed by atoms with E-state index >= 15 is 0 Å². The van der Waals surface area contributed by atoms with Crippen molar-refractivity contribution in [3.05, 3.63) is 165 Å². The van der Waals surface area contributed by atoms with Crippen LogP contribution in [0.4, 0.5) is 0 Å². The fourth-order valence-electron chi connectivity index (χ4n) is 5.63. The Balaban J connectivity index is 0.000000188. The molecule has 0 saturated carbocycles. The molecule has 3 aromatic carbocycles. The number of carbonyl (C=O) groups is 2. The molecule has 1 N–H and O–H groups in total. The van der Waals surface area contributed by atoms with Gasteiger partial charge in [0.1, 0.15) is 30.6 Å². The molecule has 12 nitrogen and oxygen atoms in total. The molecular weight excluding hydrogens is 672 g/mol. The van der Waals surface area contributed by atoms with Crippen LogP contribution in [0.3, 0.4) is 0 Å². The van der Waals surface area contributed by atoms with E-state index in [0.717, 1.165) is 23.1 Å². The van der Waals surface area contributed by atoms with Crippen LogP contribution < -0.4 is 10.2 Å². The quantitative estimate of drug-likeness (QED) is 0.138. The van der Waals surface area contributed by atoms with Gasteiger partial charge in [-0.3, -0.25) is 9.89 Å². The van der Waals surface area contributed by atoms with Crippen molar-refractivity contribution in [1.29, 1.82) is 0 Å². The first-order valence-corrected chi connectivity index (χ1v) is 17.2. The lowest BCUT2D eigenvalue weighted by Crippen LogP contribution is -2.23. The minimum Gasteiger partial charge on any atom is -0.487 e. The normalized spacial score (nSPS) is 11.0. The summed E-state index contributed by atoms with van der Waals surface area (Å²) in [5, 5.41) is 7.09. The van der Waals surface area contributed by atoms with Gasteiger partial charge in [-0.05, 0) is 49.5 Å². The van der Waals surface area contributed by atoms with E-state index in [4.69, 9.17) is 14.2 Å². The van der Waals surface area contributed by atoms with Crippen LogP contribution in [0, 0.1) is 0 Å². The SMILES string of the molecule is CCOC(=O)c1c(=O)c(CCc2ccccc2)cn2[nH]cnc12.CCOC(=O)c1c(OCc2ccccc2)c(/C=C/c2ccccc2)cn2ncnc12. The van der Waals surface area contributed by atoms with E-state index < -0.39 is 11.9 Å². The molecule has 0 aliphatic rings. The van der Waals surface area contributed by atoms with E-state index in [2.05, 4.69) is 20.2 Å². The Hall–Kier alpha value is -6.82. The fourth-order valence-corrected chi connectivity index (χ4v) is 5.63. The van der Waals surface area contributed by atoms with Crippen LogP contribution in [0.25, 0.3) is 23.4 Å². The average molecular weight is 711 g/mol.